The summed E-state index contributed by atoms with van der Waals surface area (Å²) in [7, 11) is -0.665. The summed E-state index contributed by atoms with van der Waals surface area (Å²) in [4.78, 5) is 11.9. The topological polar surface area (TPSA) is 97.2 Å². The third-order valence-corrected chi connectivity index (χ3v) is 6.27. The summed E-state index contributed by atoms with van der Waals surface area (Å²) in [5, 5.41) is 9.94. The summed E-state index contributed by atoms with van der Waals surface area (Å²) < 4.78 is 27.9. The number of amides is 1. The Morgan fingerprint density at radius 2 is 2.15 bits per heavy atom. The maximum Gasteiger partial charge on any atom is 0.263 e. The molecule has 2 heterocycles. The molecule has 1 fully saturated rings. The largest absolute Gasteiger partial charge is 0.359 e. The van der Waals surface area contributed by atoms with Gasteiger partial charge in [0.1, 0.15) is 0 Å². The van der Waals surface area contributed by atoms with E-state index in [4.69, 9.17) is 0 Å². The number of aryl methyl sites for hydroxylation is 1. The SMILES string of the molecule is CNC(=O)C1(C)CCN(S(=O)(=O)c2c(Br)nnn2C)C1. The molecule has 112 valence electrons. The molecule has 1 unspecified atom stereocenters. The highest BCUT2D eigenvalue weighted by molar-refractivity contribution is 9.10. The fourth-order valence-corrected chi connectivity index (χ4v) is 4.93. The average Bonchev–Trinajstić information content (AvgIpc) is 2.94. The minimum absolute atomic E-state index is 0.00124. The molecule has 1 saturated heterocycles. The third-order valence-electron chi connectivity index (χ3n) is 3.53. The van der Waals surface area contributed by atoms with Crippen molar-refractivity contribution in [3.05, 3.63) is 4.60 Å². The van der Waals surface area contributed by atoms with Gasteiger partial charge in [-0.25, -0.2) is 13.1 Å². The van der Waals surface area contributed by atoms with E-state index in [1.165, 1.54) is 16.0 Å². The van der Waals surface area contributed by atoms with Crippen LogP contribution in [0.1, 0.15) is 13.3 Å². The first-order valence-corrected chi connectivity index (χ1v) is 8.23. The molecule has 10 heteroatoms. The molecule has 8 nitrogen and oxygen atoms in total. The van der Waals surface area contributed by atoms with Gasteiger partial charge in [0.2, 0.25) is 10.9 Å². The van der Waals surface area contributed by atoms with Gasteiger partial charge in [0, 0.05) is 27.2 Å². The molecular formula is C10H16BrN5O3S. The van der Waals surface area contributed by atoms with Crippen LogP contribution >= 0.6 is 15.9 Å². The van der Waals surface area contributed by atoms with Gasteiger partial charge in [-0.2, -0.15) is 4.31 Å². The average molecular weight is 366 g/mol. The van der Waals surface area contributed by atoms with Crippen LogP contribution in [0.2, 0.25) is 0 Å². The van der Waals surface area contributed by atoms with Crippen molar-refractivity contribution in [2.75, 3.05) is 20.1 Å². The fraction of sp³-hybridized carbons (Fsp3) is 0.700. The number of hydrogen-bond acceptors (Lipinski definition) is 5. The van der Waals surface area contributed by atoms with Crippen LogP contribution in [0.4, 0.5) is 0 Å². The predicted molar refractivity (Wildman–Crippen MR) is 74.3 cm³/mol. The van der Waals surface area contributed by atoms with Crippen molar-refractivity contribution in [2.45, 2.75) is 18.4 Å². The number of halogens is 1. The third kappa shape index (κ3) is 2.35. The van der Waals surface area contributed by atoms with Crippen molar-refractivity contribution in [2.24, 2.45) is 12.5 Å². The Labute approximate surface area is 125 Å². The zero-order valence-electron chi connectivity index (χ0n) is 11.4. The highest BCUT2D eigenvalue weighted by Crippen LogP contribution is 2.34. The van der Waals surface area contributed by atoms with Crippen molar-refractivity contribution in [3.8, 4) is 0 Å². The van der Waals surface area contributed by atoms with Crippen LogP contribution < -0.4 is 5.32 Å². The second-order valence-electron chi connectivity index (χ2n) is 5.04. The summed E-state index contributed by atoms with van der Waals surface area (Å²) in [5.74, 6) is -0.155. The molecule has 0 aliphatic carbocycles. The molecule has 1 aliphatic rings. The van der Waals surface area contributed by atoms with E-state index < -0.39 is 15.4 Å². The quantitative estimate of drug-likeness (QED) is 0.794. The maximum atomic E-state index is 12.6. The minimum Gasteiger partial charge on any atom is -0.359 e. The molecule has 1 amide bonds. The number of carbonyl (C=O) groups excluding carboxylic acids is 1. The first-order valence-electron chi connectivity index (χ1n) is 6.00. The smallest absolute Gasteiger partial charge is 0.263 e. The zero-order valence-corrected chi connectivity index (χ0v) is 13.8. The van der Waals surface area contributed by atoms with E-state index in [2.05, 4.69) is 31.6 Å². The van der Waals surface area contributed by atoms with E-state index in [1.807, 2.05) is 0 Å². The Kier molecular flexibility index (Phi) is 3.91. The molecule has 1 aromatic rings. The van der Waals surface area contributed by atoms with Gasteiger partial charge in [-0.1, -0.05) is 5.21 Å². The van der Waals surface area contributed by atoms with Crippen LogP contribution in [0.25, 0.3) is 0 Å². The second-order valence-corrected chi connectivity index (χ2v) is 7.64. The number of nitrogens with one attached hydrogen (secondary N) is 1. The molecule has 1 aliphatic heterocycles. The highest BCUT2D eigenvalue weighted by Gasteiger charge is 2.45. The summed E-state index contributed by atoms with van der Waals surface area (Å²) in [5.41, 5.74) is -0.708. The molecule has 1 N–H and O–H groups in total. The van der Waals surface area contributed by atoms with Crippen LogP contribution in [-0.4, -0.2) is 53.8 Å². The molecule has 2 rings (SSSR count). The standard InChI is InChI=1S/C10H16BrN5O3S/c1-10(9(17)12-2)4-5-16(6-10)20(18,19)8-7(11)13-14-15(8)3/h4-6H2,1-3H3,(H,12,17). The van der Waals surface area contributed by atoms with Crippen LogP contribution in [0, 0.1) is 5.41 Å². The van der Waals surface area contributed by atoms with Crippen molar-refractivity contribution in [1.29, 1.82) is 0 Å². The minimum atomic E-state index is -3.73. The summed E-state index contributed by atoms with van der Waals surface area (Å²) in [6, 6.07) is 0. The molecule has 0 spiro atoms. The lowest BCUT2D eigenvalue weighted by atomic mass is 9.89. The van der Waals surface area contributed by atoms with E-state index in [1.54, 1.807) is 14.0 Å². The molecule has 0 aromatic carbocycles. The van der Waals surface area contributed by atoms with Crippen molar-refractivity contribution in [1.82, 2.24) is 24.6 Å². The summed E-state index contributed by atoms with van der Waals surface area (Å²) in [6.45, 7) is 2.20. The number of hydrogen-bond donors (Lipinski definition) is 1. The first-order chi connectivity index (χ1) is 9.22. The monoisotopic (exact) mass is 365 g/mol. The van der Waals surface area contributed by atoms with E-state index in [9.17, 15) is 13.2 Å². The fourth-order valence-electron chi connectivity index (χ4n) is 2.33. The number of rotatable bonds is 3. The molecule has 0 saturated carbocycles. The number of sulfonamides is 1. The molecule has 0 radical (unpaired) electrons. The van der Waals surface area contributed by atoms with Gasteiger partial charge in [0.25, 0.3) is 10.0 Å². The van der Waals surface area contributed by atoms with Crippen LogP contribution in [0.15, 0.2) is 9.63 Å². The van der Waals surface area contributed by atoms with Crippen LogP contribution in [0.5, 0.6) is 0 Å². The Bertz CT molecular complexity index is 624. The second kappa shape index (κ2) is 5.08. The first kappa shape index (κ1) is 15.4. The maximum absolute atomic E-state index is 12.6. The van der Waals surface area contributed by atoms with Gasteiger partial charge in [0.05, 0.1) is 5.41 Å². The lowest BCUT2D eigenvalue weighted by molar-refractivity contribution is -0.128. The van der Waals surface area contributed by atoms with Crippen molar-refractivity contribution in [3.63, 3.8) is 0 Å². The van der Waals surface area contributed by atoms with E-state index in [0.717, 1.165) is 0 Å². The van der Waals surface area contributed by atoms with Crippen LogP contribution in [0.3, 0.4) is 0 Å². The molecule has 1 atom stereocenters. The van der Waals surface area contributed by atoms with Gasteiger partial charge >= 0.3 is 0 Å². The lowest BCUT2D eigenvalue weighted by Crippen LogP contribution is -2.40. The van der Waals surface area contributed by atoms with E-state index in [-0.39, 0.29) is 22.1 Å². The van der Waals surface area contributed by atoms with Gasteiger partial charge in [-0.3, -0.25) is 4.79 Å². The van der Waals surface area contributed by atoms with Gasteiger partial charge in [-0.15, -0.1) is 5.10 Å². The van der Waals surface area contributed by atoms with E-state index >= 15 is 0 Å². The number of aromatic nitrogens is 3. The Morgan fingerprint density at radius 1 is 1.50 bits per heavy atom. The van der Waals surface area contributed by atoms with Gasteiger partial charge in [-0.05, 0) is 29.3 Å². The molecule has 0 bridgehead atoms. The number of carbonyl (C=O) groups is 1. The molecule has 20 heavy (non-hydrogen) atoms. The van der Waals surface area contributed by atoms with Gasteiger partial charge in [0.15, 0.2) is 4.60 Å². The lowest BCUT2D eigenvalue weighted by Gasteiger charge is -2.22. The Morgan fingerprint density at radius 3 is 2.65 bits per heavy atom. The predicted octanol–water partition coefficient (Wildman–Crippen LogP) is -0.276. The highest BCUT2D eigenvalue weighted by atomic mass is 79.9. The van der Waals surface area contributed by atoms with E-state index in [0.29, 0.717) is 13.0 Å². The molecule has 1 aromatic heterocycles. The van der Waals surface area contributed by atoms with Crippen molar-refractivity contribution < 1.29 is 13.2 Å². The Hall–Kier alpha value is -1.00. The number of nitrogens with zero attached hydrogens (tertiary/aromatic N) is 4. The van der Waals surface area contributed by atoms with Gasteiger partial charge < -0.3 is 5.32 Å². The zero-order chi connectivity index (χ0) is 15.1. The normalized spacial score (nSPS) is 24.0. The summed E-state index contributed by atoms with van der Waals surface area (Å²) >= 11 is 3.09. The molecular weight excluding hydrogens is 350 g/mol. The van der Waals surface area contributed by atoms with Crippen molar-refractivity contribution >= 4 is 31.9 Å². The van der Waals surface area contributed by atoms with Crippen LogP contribution in [-0.2, 0) is 21.9 Å². The summed E-state index contributed by atoms with van der Waals surface area (Å²) in [6.07, 6.45) is 0.481. The Balaban J connectivity index is 2.33.